The lowest BCUT2D eigenvalue weighted by Gasteiger charge is -2.27. The molecule has 6 nitrogen and oxygen atoms in total. The van der Waals surface area contributed by atoms with Crippen molar-refractivity contribution in [1.29, 1.82) is 0 Å². The molecule has 1 aliphatic rings. The number of aliphatic hydroxyl groups is 1. The summed E-state index contributed by atoms with van der Waals surface area (Å²) in [7, 11) is 1.28. The summed E-state index contributed by atoms with van der Waals surface area (Å²) in [6, 6.07) is 17.7. The van der Waals surface area contributed by atoms with Crippen LogP contribution in [0.15, 0.2) is 72.8 Å². The maximum Gasteiger partial charge on any atom is 0.416 e. The van der Waals surface area contributed by atoms with E-state index in [1.807, 2.05) is 31.2 Å². The second-order valence-corrected chi connectivity index (χ2v) is 10.2. The van der Waals surface area contributed by atoms with Crippen LogP contribution in [0.3, 0.4) is 0 Å². The van der Waals surface area contributed by atoms with Crippen LogP contribution < -0.4 is 9.47 Å². The lowest BCUT2D eigenvalue weighted by atomic mass is 9.95. The molecule has 1 heterocycles. The van der Waals surface area contributed by atoms with E-state index in [1.165, 1.54) is 13.2 Å². The monoisotopic (exact) mass is 593 g/mol. The molecule has 1 aliphatic heterocycles. The van der Waals surface area contributed by atoms with Crippen molar-refractivity contribution < 1.29 is 37.3 Å². The molecule has 0 aromatic heterocycles. The van der Waals surface area contributed by atoms with Crippen molar-refractivity contribution in [1.82, 2.24) is 4.90 Å². The first-order valence-corrected chi connectivity index (χ1v) is 13.9. The number of ether oxygens (including phenoxy) is 3. The zero-order chi connectivity index (χ0) is 30.8. The predicted molar refractivity (Wildman–Crippen MR) is 158 cm³/mol. The summed E-state index contributed by atoms with van der Waals surface area (Å²) < 4.78 is 56.5. The van der Waals surface area contributed by atoms with Gasteiger partial charge in [-0.2, -0.15) is 13.2 Å². The van der Waals surface area contributed by atoms with Crippen molar-refractivity contribution in [2.45, 2.75) is 32.0 Å². The topological polar surface area (TPSA) is 68.2 Å². The Morgan fingerprint density at radius 1 is 1.02 bits per heavy atom. The minimum atomic E-state index is -4.47. The Bertz CT molecular complexity index is 1480. The molecule has 43 heavy (non-hydrogen) atoms. The first kappa shape index (κ1) is 31.7. The van der Waals surface area contributed by atoms with E-state index in [2.05, 4.69) is 21.5 Å². The van der Waals surface area contributed by atoms with Crippen LogP contribution in [0.25, 0.3) is 5.57 Å². The van der Waals surface area contributed by atoms with Gasteiger partial charge in [-0.3, -0.25) is 4.90 Å². The molecule has 3 aromatic carbocycles. The van der Waals surface area contributed by atoms with Gasteiger partial charge in [-0.25, -0.2) is 4.79 Å². The Morgan fingerprint density at radius 2 is 1.77 bits per heavy atom. The molecule has 0 atom stereocenters. The summed E-state index contributed by atoms with van der Waals surface area (Å²) in [6.45, 7) is 3.93. The van der Waals surface area contributed by atoms with Gasteiger partial charge in [0.15, 0.2) is 6.61 Å². The Balaban J connectivity index is 1.51. The third-order valence-electron chi connectivity index (χ3n) is 7.05. The normalized spacial score (nSPS) is 14.5. The Hall–Kier alpha value is -4.26. The van der Waals surface area contributed by atoms with E-state index in [0.29, 0.717) is 29.2 Å². The van der Waals surface area contributed by atoms with E-state index in [9.17, 15) is 23.1 Å². The molecule has 3 aromatic rings. The van der Waals surface area contributed by atoms with E-state index in [1.54, 1.807) is 30.3 Å². The number of aryl methyl sites for hydroxylation is 1. The fraction of sp³-hybridized carbons (Fsp3) is 0.324. The average molecular weight is 594 g/mol. The van der Waals surface area contributed by atoms with E-state index in [-0.39, 0.29) is 19.3 Å². The standard InChI is InChI=1S/C34H34F3NO5/c1-24-21-30(12-13-32(24)43-23-33(40)41-2)42-20-16-31(27-6-3-7-28(22-27)34(35,36)37)26-10-8-25(9-11-26)5-4-17-38-18-14-29(39)15-19-38/h3,6-13,16,21-22,29,39H,14-15,17-20,23H2,1-2H3. The highest BCUT2D eigenvalue weighted by atomic mass is 19.4. The first-order valence-electron chi connectivity index (χ1n) is 13.9. The quantitative estimate of drug-likeness (QED) is 0.247. The number of carbonyl (C=O) groups is 1. The van der Waals surface area contributed by atoms with Crippen molar-refractivity contribution in [3.63, 3.8) is 0 Å². The number of benzene rings is 3. The van der Waals surface area contributed by atoms with Crippen LogP contribution in [0.1, 0.15) is 40.7 Å². The molecule has 0 amide bonds. The van der Waals surface area contributed by atoms with Crippen LogP contribution in [0.4, 0.5) is 13.2 Å². The highest BCUT2D eigenvalue weighted by Gasteiger charge is 2.30. The fourth-order valence-electron chi connectivity index (χ4n) is 4.62. The maximum absolute atomic E-state index is 13.5. The number of alkyl halides is 3. The molecule has 0 radical (unpaired) electrons. The van der Waals surface area contributed by atoms with Gasteiger partial charge in [0.2, 0.25) is 0 Å². The molecule has 0 bridgehead atoms. The van der Waals surface area contributed by atoms with Crippen LogP contribution in [0.2, 0.25) is 0 Å². The highest BCUT2D eigenvalue weighted by molar-refractivity contribution is 5.80. The maximum atomic E-state index is 13.5. The highest BCUT2D eigenvalue weighted by Crippen LogP contribution is 2.33. The Morgan fingerprint density at radius 3 is 2.44 bits per heavy atom. The van der Waals surface area contributed by atoms with Gasteiger partial charge >= 0.3 is 12.1 Å². The van der Waals surface area contributed by atoms with Gasteiger partial charge in [-0.1, -0.05) is 36.1 Å². The number of esters is 1. The summed E-state index contributed by atoms with van der Waals surface area (Å²) >= 11 is 0. The number of nitrogens with zero attached hydrogens (tertiary/aromatic N) is 1. The Labute approximate surface area is 249 Å². The number of halogens is 3. The van der Waals surface area contributed by atoms with E-state index >= 15 is 0 Å². The molecule has 226 valence electrons. The lowest BCUT2D eigenvalue weighted by molar-refractivity contribution is -0.143. The smallest absolute Gasteiger partial charge is 0.416 e. The second-order valence-electron chi connectivity index (χ2n) is 10.2. The van der Waals surface area contributed by atoms with Gasteiger partial charge in [-0.15, -0.1) is 0 Å². The van der Waals surface area contributed by atoms with E-state index in [0.717, 1.165) is 54.8 Å². The summed E-state index contributed by atoms with van der Waals surface area (Å²) in [6.07, 6.45) is -1.45. The average Bonchev–Trinajstić information content (AvgIpc) is 3.00. The molecular weight excluding hydrogens is 559 g/mol. The first-order chi connectivity index (χ1) is 20.6. The number of aliphatic hydroxyl groups excluding tert-OH is 1. The minimum Gasteiger partial charge on any atom is -0.489 e. The molecule has 0 spiro atoms. The number of piperidine rings is 1. The molecule has 1 fully saturated rings. The number of hydrogen-bond donors (Lipinski definition) is 1. The lowest BCUT2D eigenvalue weighted by Crippen LogP contribution is -2.35. The molecular formula is C34H34F3NO5. The van der Waals surface area contributed by atoms with E-state index < -0.39 is 17.7 Å². The van der Waals surface area contributed by atoms with Crippen LogP contribution in [-0.4, -0.2) is 62.0 Å². The summed E-state index contributed by atoms with van der Waals surface area (Å²) in [4.78, 5) is 13.6. The number of methoxy groups -OCH3 is 1. The molecule has 0 saturated carbocycles. The number of carbonyl (C=O) groups excluding carboxylic acids is 1. The molecule has 1 saturated heterocycles. The van der Waals surface area contributed by atoms with Gasteiger partial charge in [0, 0.05) is 18.7 Å². The van der Waals surface area contributed by atoms with Crippen LogP contribution in [0, 0.1) is 18.8 Å². The zero-order valence-corrected chi connectivity index (χ0v) is 24.1. The van der Waals surface area contributed by atoms with Crippen molar-refractivity contribution in [2.75, 3.05) is 40.0 Å². The second kappa shape index (κ2) is 14.8. The number of likely N-dealkylation sites (tertiary alicyclic amines) is 1. The van der Waals surface area contributed by atoms with Crippen LogP contribution in [-0.2, 0) is 15.7 Å². The Kier molecular flexibility index (Phi) is 10.9. The van der Waals surface area contributed by atoms with Crippen LogP contribution >= 0.6 is 0 Å². The van der Waals surface area contributed by atoms with Crippen molar-refractivity contribution in [3.8, 4) is 23.3 Å². The largest absolute Gasteiger partial charge is 0.489 e. The van der Waals surface area contributed by atoms with Gasteiger partial charge in [0.1, 0.15) is 18.1 Å². The summed E-state index contributed by atoms with van der Waals surface area (Å²) in [5.74, 6) is 6.87. The third-order valence-corrected chi connectivity index (χ3v) is 7.05. The van der Waals surface area contributed by atoms with Gasteiger partial charge < -0.3 is 19.3 Å². The SMILES string of the molecule is COC(=O)COc1ccc(OCC=C(c2ccc(C#CCN3CCC(O)CC3)cc2)c2cccc(C(F)(F)F)c2)cc1C. The molecule has 4 rings (SSSR count). The summed E-state index contributed by atoms with van der Waals surface area (Å²) in [5.41, 5.74) is 2.53. The minimum absolute atomic E-state index is 0.0967. The molecule has 1 N–H and O–H groups in total. The molecule has 0 aliphatic carbocycles. The number of rotatable bonds is 9. The van der Waals surface area contributed by atoms with Gasteiger partial charge in [0.25, 0.3) is 0 Å². The van der Waals surface area contributed by atoms with Crippen molar-refractivity contribution >= 4 is 11.5 Å². The fourth-order valence-corrected chi connectivity index (χ4v) is 4.62. The van der Waals surface area contributed by atoms with Crippen molar-refractivity contribution in [3.05, 3.63) is 101 Å². The number of hydrogen-bond acceptors (Lipinski definition) is 6. The predicted octanol–water partition coefficient (Wildman–Crippen LogP) is 5.88. The van der Waals surface area contributed by atoms with E-state index in [4.69, 9.17) is 9.47 Å². The van der Waals surface area contributed by atoms with Gasteiger partial charge in [0.05, 0.1) is 25.3 Å². The zero-order valence-electron chi connectivity index (χ0n) is 24.1. The molecule has 0 unspecified atom stereocenters. The summed E-state index contributed by atoms with van der Waals surface area (Å²) in [5, 5.41) is 9.66. The third kappa shape index (κ3) is 9.37. The molecule has 9 heteroatoms. The van der Waals surface area contributed by atoms with Gasteiger partial charge in [-0.05, 0) is 90.6 Å². The van der Waals surface area contributed by atoms with Crippen LogP contribution in [0.5, 0.6) is 11.5 Å². The van der Waals surface area contributed by atoms with Crippen molar-refractivity contribution in [2.24, 2.45) is 0 Å².